The third kappa shape index (κ3) is 2.61. The molecule has 2 unspecified atom stereocenters. The number of rotatable bonds is 3. The Morgan fingerprint density at radius 3 is 2.62 bits per heavy atom. The summed E-state index contributed by atoms with van der Waals surface area (Å²) in [5.41, 5.74) is 9.28. The Kier molecular flexibility index (Phi) is 3.50. The summed E-state index contributed by atoms with van der Waals surface area (Å²) in [5, 5.41) is 4.15. The lowest BCUT2D eigenvalue weighted by molar-refractivity contribution is -0.122. The van der Waals surface area contributed by atoms with Crippen molar-refractivity contribution in [3.8, 4) is 0 Å². The molecule has 21 heavy (non-hydrogen) atoms. The normalized spacial score (nSPS) is 35.5. The minimum Gasteiger partial charge on any atom is -0.327 e. The van der Waals surface area contributed by atoms with Crippen molar-refractivity contribution in [2.24, 2.45) is 23.5 Å². The van der Waals surface area contributed by atoms with Crippen molar-refractivity contribution in [1.82, 2.24) is 4.98 Å². The molecule has 4 nitrogen and oxygen atoms in total. The molecule has 1 aromatic heterocycles. The molecular formula is C16H23N3OS. The Bertz CT molecular complexity index is 525. The summed E-state index contributed by atoms with van der Waals surface area (Å²) in [6.07, 6.45) is 8.08. The van der Waals surface area contributed by atoms with Crippen molar-refractivity contribution >= 4 is 22.2 Å². The Balaban J connectivity index is 1.44. The van der Waals surface area contributed by atoms with E-state index in [9.17, 15) is 4.79 Å². The maximum atomic E-state index is 12.6. The van der Waals surface area contributed by atoms with Crippen LogP contribution in [0.4, 0.5) is 5.00 Å². The summed E-state index contributed by atoms with van der Waals surface area (Å²) in [4.78, 5) is 17.1. The van der Waals surface area contributed by atoms with Gasteiger partial charge in [-0.15, -0.1) is 11.3 Å². The number of aromatic nitrogens is 1. The number of nitrogens with one attached hydrogen (secondary N) is 1. The largest absolute Gasteiger partial charge is 0.327 e. The quantitative estimate of drug-likeness (QED) is 0.901. The highest BCUT2D eigenvalue weighted by molar-refractivity contribution is 7.14. The molecule has 2 atom stereocenters. The first kappa shape index (κ1) is 13.7. The van der Waals surface area contributed by atoms with E-state index in [0.29, 0.717) is 23.8 Å². The van der Waals surface area contributed by atoms with Gasteiger partial charge in [-0.25, -0.2) is 4.98 Å². The van der Waals surface area contributed by atoms with Gasteiger partial charge in [0.05, 0.1) is 11.2 Å². The number of fused-ring (bicyclic) bond motifs is 2. The summed E-state index contributed by atoms with van der Waals surface area (Å²) in [6, 6.07) is 0.327. The Morgan fingerprint density at radius 1 is 1.24 bits per heavy atom. The van der Waals surface area contributed by atoms with Gasteiger partial charge in [-0.3, -0.25) is 4.79 Å². The number of nitrogens with zero attached hydrogens (tertiary/aromatic N) is 1. The Hall–Kier alpha value is -0.940. The van der Waals surface area contributed by atoms with E-state index in [1.54, 1.807) is 11.3 Å². The lowest BCUT2D eigenvalue weighted by Crippen LogP contribution is -2.48. The molecule has 3 aliphatic carbocycles. The van der Waals surface area contributed by atoms with Gasteiger partial charge in [0.15, 0.2) is 0 Å². The molecule has 0 aliphatic heterocycles. The van der Waals surface area contributed by atoms with E-state index in [2.05, 4.69) is 10.3 Å². The second kappa shape index (κ2) is 5.36. The predicted molar refractivity (Wildman–Crippen MR) is 84.2 cm³/mol. The summed E-state index contributed by atoms with van der Waals surface area (Å²) >= 11 is 1.56. The van der Waals surface area contributed by atoms with Gasteiger partial charge >= 0.3 is 0 Å². The van der Waals surface area contributed by atoms with E-state index < -0.39 is 0 Å². The number of hydrogen-bond acceptors (Lipinski definition) is 4. The second-order valence-electron chi connectivity index (χ2n) is 7.03. The first-order valence-electron chi connectivity index (χ1n) is 8.22. The molecule has 0 radical (unpaired) electrons. The van der Waals surface area contributed by atoms with Crippen LogP contribution in [0.25, 0.3) is 0 Å². The number of thiazole rings is 1. The topological polar surface area (TPSA) is 68.0 Å². The third-order valence-electron chi connectivity index (χ3n) is 5.58. The zero-order valence-corrected chi connectivity index (χ0v) is 13.1. The maximum absolute atomic E-state index is 12.6. The first-order chi connectivity index (χ1) is 10.2. The average Bonchev–Trinajstić information content (AvgIpc) is 3.19. The number of carbonyl (C=O) groups is 1. The van der Waals surface area contributed by atoms with Crippen molar-refractivity contribution in [2.45, 2.75) is 56.9 Å². The SMILES string of the molecule is NC1C2CCCC1CC(C(=O)Nc1scnc1C1CC1)C2. The van der Waals surface area contributed by atoms with Crippen LogP contribution in [0.1, 0.15) is 56.6 Å². The molecule has 2 bridgehead atoms. The number of amides is 1. The summed E-state index contributed by atoms with van der Waals surface area (Å²) < 4.78 is 0. The van der Waals surface area contributed by atoms with Crippen LogP contribution in [0.5, 0.6) is 0 Å². The third-order valence-corrected chi connectivity index (χ3v) is 6.34. The van der Waals surface area contributed by atoms with Gasteiger partial charge in [0.25, 0.3) is 0 Å². The Morgan fingerprint density at radius 2 is 1.95 bits per heavy atom. The number of carbonyl (C=O) groups excluding carboxylic acids is 1. The van der Waals surface area contributed by atoms with E-state index in [1.807, 2.05) is 5.51 Å². The van der Waals surface area contributed by atoms with E-state index in [4.69, 9.17) is 5.73 Å². The highest BCUT2D eigenvalue weighted by Gasteiger charge is 2.41. The lowest BCUT2D eigenvalue weighted by atomic mass is 9.65. The highest BCUT2D eigenvalue weighted by atomic mass is 32.1. The molecule has 114 valence electrons. The van der Waals surface area contributed by atoms with Crippen LogP contribution >= 0.6 is 11.3 Å². The van der Waals surface area contributed by atoms with Gasteiger partial charge in [0.2, 0.25) is 5.91 Å². The van der Waals surface area contributed by atoms with Gasteiger partial charge < -0.3 is 11.1 Å². The van der Waals surface area contributed by atoms with Crippen molar-refractivity contribution in [3.63, 3.8) is 0 Å². The van der Waals surface area contributed by atoms with Gasteiger partial charge in [0.1, 0.15) is 5.00 Å². The van der Waals surface area contributed by atoms with E-state index in [-0.39, 0.29) is 11.8 Å². The predicted octanol–water partition coefficient (Wildman–Crippen LogP) is 3.11. The smallest absolute Gasteiger partial charge is 0.228 e. The molecular weight excluding hydrogens is 282 g/mol. The second-order valence-corrected chi connectivity index (χ2v) is 7.88. The van der Waals surface area contributed by atoms with Crippen LogP contribution < -0.4 is 11.1 Å². The lowest BCUT2D eigenvalue weighted by Gasteiger charge is -2.43. The number of nitrogens with two attached hydrogens (primary N) is 1. The Labute approximate surface area is 129 Å². The summed E-state index contributed by atoms with van der Waals surface area (Å²) in [5.74, 6) is 2.04. The molecule has 1 amide bonds. The average molecular weight is 305 g/mol. The first-order valence-corrected chi connectivity index (χ1v) is 9.10. The van der Waals surface area contributed by atoms with Crippen molar-refractivity contribution < 1.29 is 4.79 Å². The maximum Gasteiger partial charge on any atom is 0.228 e. The van der Waals surface area contributed by atoms with Crippen LogP contribution in [0.3, 0.4) is 0 Å². The standard InChI is InChI=1S/C16H23N3OS/c17-13-10-2-1-3-11(13)7-12(6-10)15(20)19-16-14(9-4-5-9)18-8-21-16/h8-13H,1-7,17H2,(H,19,20). The molecule has 3 N–H and O–H groups in total. The van der Waals surface area contributed by atoms with Crippen molar-refractivity contribution in [1.29, 1.82) is 0 Å². The fourth-order valence-electron chi connectivity index (χ4n) is 4.21. The summed E-state index contributed by atoms with van der Waals surface area (Å²) in [6.45, 7) is 0. The molecule has 0 spiro atoms. The fourth-order valence-corrected chi connectivity index (χ4v) is 4.98. The van der Waals surface area contributed by atoms with Gasteiger partial charge in [-0.05, 0) is 50.4 Å². The highest BCUT2D eigenvalue weighted by Crippen LogP contribution is 2.45. The van der Waals surface area contributed by atoms with Crippen LogP contribution in [0.2, 0.25) is 0 Å². The molecule has 0 saturated heterocycles. The van der Waals surface area contributed by atoms with Gasteiger partial charge in [0, 0.05) is 17.9 Å². The van der Waals surface area contributed by atoms with E-state index in [1.165, 1.54) is 32.1 Å². The fraction of sp³-hybridized carbons (Fsp3) is 0.750. The minimum absolute atomic E-state index is 0.147. The van der Waals surface area contributed by atoms with Crippen molar-refractivity contribution in [3.05, 3.63) is 11.2 Å². The van der Waals surface area contributed by atoms with E-state index >= 15 is 0 Å². The molecule has 4 rings (SSSR count). The molecule has 3 saturated carbocycles. The van der Waals surface area contributed by atoms with Gasteiger partial charge in [-0.2, -0.15) is 0 Å². The molecule has 0 aromatic carbocycles. The zero-order chi connectivity index (χ0) is 14.4. The summed E-state index contributed by atoms with van der Waals surface area (Å²) in [7, 11) is 0. The minimum atomic E-state index is 0.147. The zero-order valence-electron chi connectivity index (χ0n) is 12.3. The van der Waals surface area contributed by atoms with Crippen LogP contribution in [0.15, 0.2) is 5.51 Å². The monoisotopic (exact) mass is 305 g/mol. The van der Waals surface area contributed by atoms with Crippen molar-refractivity contribution in [2.75, 3.05) is 5.32 Å². The van der Waals surface area contributed by atoms with Gasteiger partial charge in [-0.1, -0.05) is 6.42 Å². The molecule has 3 fully saturated rings. The molecule has 1 aromatic rings. The van der Waals surface area contributed by atoms with Crippen LogP contribution in [-0.2, 0) is 4.79 Å². The van der Waals surface area contributed by atoms with E-state index in [0.717, 1.165) is 23.5 Å². The molecule has 1 heterocycles. The number of anilines is 1. The molecule has 5 heteroatoms. The number of hydrogen-bond donors (Lipinski definition) is 2. The van der Waals surface area contributed by atoms with Crippen LogP contribution in [-0.4, -0.2) is 16.9 Å². The molecule has 3 aliphatic rings. The van der Waals surface area contributed by atoms with Crippen LogP contribution in [0, 0.1) is 17.8 Å².